The molecule has 3 N–H and O–H groups in total. The number of carbonyl (C=O) groups excluding carboxylic acids is 2. The zero-order chi connectivity index (χ0) is 16.9. The van der Waals surface area contributed by atoms with Crippen molar-refractivity contribution in [1.29, 1.82) is 0 Å². The number of carbonyl (C=O) groups is 2. The molecule has 0 aliphatic carbocycles. The number of hydrogen-bond donors (Lipinski definition) is 3. The zero-order valence-electron chi connectivity index (χ0n) is 12.8. The Morgan fingerprint density at radius 3 is 2.70 bits per heavy atom. The predicted molar refractivity (Wildman–Crippen MR) is 88.1 cm³/mol. The Hall–Kier alpha value is -2.25. The number of thioether (sulfide) groups is 1. The second-order valence-electron chi connectivity index (χ2n) is 5.12. The van der Waals surface area contributed by atoms with Gasteiger partial charge in [-0.25, -0.2) is 0 Å². The van der Waals surface area contributed by atoms with E-state index in [4.69, 9.17) is 4.42 Å². The molecule has 0 aliphatic heterocycles. The highest BCUT2D eigenvalue weighted by Gasteiger charge is 2.28. The molecule has 1 unspecified atom stereocenters. The molecule has 0 bridgehead atoms. The van der Waals surface area contributed by atoms with Crippen molar-refractivity contribution in [2.75, 3.05) is 18.1 Å². The van der Waals surface area contributed by atoms with Crippen molar-refractivity contribution in [3.8, 4) is 0 Å². The van der Waals surface area contributed by atoms with Crippen LogP contribution in [0.3, 0.4) is 0 Å². The Morgan fingerprint density at radius 2 is 2.04 bits per heavy atom. The fraction of sp³-hybridized carbons (Fsp3) is 0.250. The molecule has 0 aliphatic rings. The van der Waals surface area contributed by atoms with Gasteiger partial charge < -0.3 is 20.2 Å². The van der Waals surface area contributed by atoms with Crippen LogP contribution in [-0.2, 0) is 15.2 Å². The van der Waals surface area contributed by atoms with E-state index < -0.39 is 17.4 Å². The first-order valence-electron chi connectivity index (χ1n) is 6.92. The quantitative estimate of drug-likeness (QED) is 0.574. The zero-order valence-corrected chi connectivity index (χ0v) is 13.6. The fourth-order valence-electron chi connectivity index (χ4n) is 1.89. The van der Waals surface area contributed by atoms with Crippen molar-refractivity contribution in [1.82, 2.24) is 5.32 Å². The van der Waals surface area contributed by atoms with Gasteiger partial charge in [0.15, 0.2) is 0 Å². The molecule has 23 heavy (non-hydrogen) atoms. The van der Waals surface area contributed by atoms with Gasteiger partial charge in [0.05, 0.1) is 12.8 Å². The first-order chi connectivity index (χ1) is 10.9. The maximum absolute atomic E-state index is 11.9. The number of anilines is 1. The number of hydrogen-bond acceptors (Lipinski definition) is 5. The maximum atomic E-state index is 11.9. The Kier molecular flexibility index (Phi) is 5.46. The summed E-state index contributed by atoms with van der Waals surface area (Å²) >= 11 is 1.54. The van der Waals surface area contributed by atoms with Crippen LogP contribution in [-0.4, -0.2) is 29.7 Å². The van der Waals surface area contributed by atoms with E-state index >= 15 is 0 Å². The Bertz CT molecular complexity index is 683. The largest absolute Gasteiger partial charge is 0.466 e. The molecule has 0 radical (unpaired) electrons. The minimum absolute atomic E-state index is 0.141. The van der Waals surface area contributed by atoms with Gasteiger partial charge in [-0.15, -0.1) is 11.8 Å². The van der Waals surface area contributed by atoms with E-state index in [9.17, 15) is 14.7 Å². The molecule has 2 aromatic rings. The third-order valence-corrected chi connectivity index (χ3v) is 3.90. The number of aliphatic hydroxyl groups is 1. The third kappa shape index (κ3) is 4.61. The smallest absolute Gasteiger partial charge is 0.313 e. The van der Waals surface area contributed by atoms with E-state index in [1.165, 1.54) is 24.9 Å². The van der Waals surface area contributed by atoms with Gasteiger partial charge in [0.2, 0.25) is 0 Å². The Labute approximate surface area is 138 Å². The molecule has 0 saturated heterocycles. The molecule has 7 heteroatoms. The van der Waals surface area contributed by atoms with Gasteiger partial charge >= 0.3 is 11.8 Å². The van der Waals surface area contributed by atoms with Crippen LogP contribution in [0.25, 0.3) is 0 Å². The maximum Gasteiger partial charge on any atom is 0.313 e. The van der Waals surface area contributed by atoms with Crippen LogP contribution >= 0.6 is 11.8 Å². The number of nitrogens with one attached hydrogen (secondary N) is 2. The van der Waals surface area contributed by atoms with Crippen LogP contribution in [0.15, 0.2) is 52.0 Å². The second-order valence-corrected chi connectivity index (χ2v) is 6.00. The summed E-state index contributed by atoms with van der Waals surface area (Å²) in [6.07, 6.45) is 3.35. The summed E-state index contributed by atoms with van der Waals surface area (Å²) < 4.78 is 5.11. The van der Waals surface area contributed by atoms with Crippen molar-refractivity contribution in [2.45, 2.75) is 17.4 Å². The van der Waals surface area contributed by atoms with Crippen LogP contribution in [0, 0.1) is 0 Å². The van der Waals surface area contributed by atoms with Crippen LogP contribution < -0.4 is 10.6 Å². The summed E-state index contributed by atoms with van der Waals surface area (Å²) in [5.41, 5.74) is -0.854. The molecule has 1 atom stereocenters. The predicted octanol–water partition coefficient (Wildman–Crippen LogP) is 1.96. The SMILES string of the molecule is CSc1cccc(NC(=O)C(=O)NCC(C)(O)c2ccco2)c1. The monoisotopic (exact) mass is 334 g/mol. The van der Waals surface area contributed by atoms with Gasteiger partial charge in [-0.05, 0) is 43.5 Å². The van der Waals surface area contributed by atoms with Crippen LogP contribution in [0.1, 0.15) is 12.7 Å². The molecule has 0 saturated carbocycles. The summed E-state index contributed by atoms with van der Waals surface area (Å²) in [6.45, 7) is 1.35. The van der Waals surface area contributed by atoms with Crippen molar-refractivity contribution in [2.24, 2.45) is 0 Å². The van der Waals surface area contributed by atoms with E-state index in [1.807, 2.05) is 12.3 Å². The van der Waals surface area contributed by atoms with E-state index in [0.717, 1.165) is 4.90 Å². The molecule has 2 rings (SSSR count). The van der Waals surface area contributed by atoms with Gasteiger partial charge in [0, 0.05) is 10.6 Å². The molecule has 6 nitrogen and oxygen atoms in total. The van der Waals surface area contributed by atoms with Crippen molar-refractivity contribution < 1.29 is 19.1 Å². The second kappa shape index (κ2) is 7.34. The van der Waals surface area contributed by atoms with Gasteiger partial charge in [-0.1, -0.05) is 6.07 Å². The van der Waals surface area contributed by atoms with Crippen LogP contribution in [0.5, 0.6) is 0 Å². The average Bonchev–Trinajstić information content (AvgIpc) is 3.08. The summed E-state index contributed by atoms with van der Waals surface area (Å²) in [7, 11) is 0. The molecular formula is C16H18N2O4S. The molecule has 2 amide bonds. The lowest BCUT2D eigenvalue weighted by Crippen LogP contribution is -2.43. The van der Waals surface area contributed by atoms with E-state index in [1.54, 1.807) is 30.3 Å². The van der Waals surface area contributed by atoms with Crippen molar-refractivity contribution in [3.05, 3.63) is 48.4 Å². The van der Waals surface area contributed by atoms with Crippen LogP contribution in [0.4, 0.5) is 5.69 Å². The van der Waals surface area contributed by atoms with Crippen molar-refractivity contribution >= 4 is 29.3 Å². The average molecular weight is 334 g/mol. The van der Waals surface area contributed by atoms with Gasteiger partial charge in [-0.3, -0.25) is 9.59 Å². The molecule has 122 valence electrons. The van der Waals surface area contributed by atoms with E-state index in [-0.39, 0.29) is 6.54 Å². The molecule has 1 heterocycles. The first-order valence-corrected chi connectivity index (χ1v) is 8.14. The highest BCUT2D eigenvalue weighted by atomic mass is 32.2. The molecule has 0 spiro atoms. The Morgan fingerprint density at radius 1 is 1.26 bits per heavy atom. The number of rotatable bonds is 5. The van der Waals surface area contributed by atoms with E-state index in [2.05, 4.69) is 10.6 Å². The van der Waals surface area contributed by atoms with Crippen LogP contribution in [0.2, 0.25) is 0 Å². The fourth-order valence-corrected chi connectivity index (χ4v) is 2.35. The standard InChI is InChI=1S/C16H18N2O4S/c1-16(21,13-7-4-8-22-13)10-17-14(19)15(20)18-11-5-3-6-12(9-11)23-2/h3-9,21H,10H2,1-2H3,(H,17,19)(H,18,20). The van der Waals surface area contributed by atoms with Gasteiger partial charge in [0.25, 0.3) is 0 Å². The summed E-state index contributed by atoms with van der Waals surface area (Å²) in [6, 6.07) is 10.4. The lowest BCUT2D eigenvalue weighted by atomic mass is 10.0. The minimum Gasteiger partial charge on any atom is -0.466 e. The van der Waals surface area contributed by atoms with Gasteiger partial charge in [0.1, 0.15) is 11.4 Å². The highest BCUT2D eigenvalue weighted by Crippen LogP contribution is 2.20. The number of benzene rings is 1. The summed E-state index contributed by atoms with van der Waals surface area (Å²) in [5.74, 6) is -1.31. The molecular weight excluding hydrogens is 316 g/mol. The van der Waals surface area contributed by atoms with Gasteiger partial charge in [-0.2, -0.15) is 0 Å². The minimum atomic E-state index is -1.39. The third-order valence-electron chi connectivity index (χ3n) is 3.18. The summed E-state index contributed by atoms with van der Waals surface area (Å²) in [5, 5.41) is 15.1. The number of furan rings is 1. The lowest BCUT2D eigenvalue weighted by molar-refractivity contribution is -0.136. The highest BCUT2D eigenvalue weighted by molar-refractivity contribution is 7.98. The molecule has 1 aromatic heterocycles. The first kappa shape index (κ1) is 17.1. The Balaban J connectivity index is 1.91. The lowest BCUT2D eigenvalue weighted by Gasteiger charge is -2.20. The molecule has 0 fully saturated rings. The topological polar surface area (TPSA) is 91.6 Å². The van der Waals surface area contributed by atoms with E-state index in [0.29, 0.717) is 11.4 Å². The normalized spacial score (nSPS) is 13.2. The number of amides is 2. The summed E-state index contributed by atoms with van der Waals surface area (Å²) in [4.78, 5) is 24.7. The molecule has 1 aromatic carbocycles. The van der Waals surface area contributed by atoms with Crippen molar-refractivity contribution in [3.63, 3.8) is 0 Å².